The zero-order valence-electron chi connectivity index (χ0n) is 12.8. The van der Waals surface area contributed by atoms with E-state index >= 15 is 0 Å². The molecule has 3 N–H and O–H groups in total. The van der Waals surface area contributed by atoms with Crippen molar-refractivity contribution in [3.05, 3.63) is 58.7 Å². The molecule has 23 heavy (non-hydrogen) atoms. The number of fused-ring (bicyclic) bond motifs is 1. The number of carbonyl (C=O) groups is 1. The summed E-state index contributed by atoms with van der Waals surface area (Å²) in [4.78, 5) is 12.2. The topological polar surface area (TPSA) is 89.3 Å². The minimum atomic E-state index is -3.82. The lowest BCUT2D eigenvalue weighted by Crippen LogP contribution is -2.12. The maximum atomic E-state index is 12.2. The van der Waals surface area contributed by atoms with Crippen molar-refractivity contribution in [3.63, 3.8) is 0 Å². The molecule has 3 rings (SSSR count). The van der Waals surface area contributed by atoms with Gasteiger partial charge in [-0.1, -0.05) is 18.2 Å². The molecule has 1 heterocycles. The number of rotatable bonds is 2. The Kier molecular flexibility index (Phi) is 3.58. The molecule has 5 nitrogen and oxygen atoms in total. The highest BCUT2D eigenvalue weighted by atomic mass is 32.2. The van der Waals surface area contributed by atoms with Crippen molar-refractivity contribution in [3.8, 4) is 0 Å². The predicted octanol–water partition coefficient (Wildman–Crippen LogP) is 2.44. The summed E-state index contributed by atoms with van der Waals surface area (Å²) in [6.45, 7) is 4.02. The molecule has 0 fully saturated rings. The summed E-state index contributed by atoms with van der Waals surface area (Å²) in [7, 11) is -3.82. The maximum absolute atomic E-state index is 12.2. The number of nitrogens with one attached hydrogen (secondary N) is 1. The lowest BCUT2D eigenvalue weighted by atomic mass is 10.0. The van der Waals surface area contributed by atoms with Crippen molar-refractivity contribution in [1.82, 2.24) is 0 Å². The minimum Gasteiger partial charge on any atom is -0.321 e. The minimum absolute atomic E-state index is 0.0151. The van der Waals surface area contributed by atoms with Gasteiger partial charge in [0.1, 0.15) is 0 Å². The standard InChI is InChI=1S/C17H16N2O3S/c1-10-3-4-12(7-11(10)2)8-15-14-9-13(23(18,21)22)5-6-16(14)19-17(15)20/h3-9H,1-2H3,(H,19,20)(H2,18,21,22). The number of anilines is 1. The highest BCUT2D eigenvalue weighted by molar-refractivity contribution is 7.89. The van der Waals surface area contributed by atoms with Gasteiger partial charge in [-0.3, -0.25) is 4.79 Å². The molecule has 0 spiro atoms. The summed E-state index contributed by atoms with van der Waals surface area (Å²) in [6, 6.07) is 10.2. The number of primary sulfonamides is 1. The van der Waals surface area contributed by atoms with E-state index in [0.29, 0.717) is 16.8 Å². The predicted molar refractivity (Wildman–Crippen MR) is 90.2 cm³/mol. The average molecular weight is 328 g/mol. The summed E-state index contributed by atoms with van der Waals surface area (Å²) >= 11 is 0. The Hall–Kier alpha value is -2.44. The van der Waals surface area contributed by atoms with Crippen LogP contribution in [0.4, 0.5) is 5.69 Å². The maximum Gasteiger partial charge on any atom is 0.256 e. The Morgan fingerprint density at radius 3 is 2.43 bits per heavy atom. The van der Waals surface area contributed by atoms with Crippen molar-refractivity contribution in [2.24, 2.45) is 5.14 Å². The van der Waals surface area contributed by atoms with Gasteiger partial charge < -0.3 is 5.32 Å². The van der Waals surface area contributed by atoms with E-state index in [1.807, 2.05) is 32.0 Å². The van der Waals surface area contributed by atoms with Crippen LogP contribution in [0.1, 0.15) is 22.3 Å². The van der Waals surface area contributed by atoms with Crippen LogP contribution >= 0.6 is 0 Å². The summed E-state index contributed by atoms with van der Waals surface area (Å²) in [6.07, 6.45) is 1.75. The Morgan fingerprint density at radius 2 is 1.78 bits per heavy atom. The van der Waals surface area contributed by atoms with Crippen LogP contribution in [0.15, 0.2) is 41.3 Å². The highest BCUT2D eigenvalue weighted by Crippen LogP contribution is 2.34. The van der Waals surface area contributed by atoms with Crippen LogP contribution in [0, 0.1) is 13.8 Å². The molecular weight excluding hydrogens is 312 g/mol. The molecule has 6 heteroatoms. The average Bonchev–Trinajstić information content (AvgIpc) is 2.77. The molecule has 0 aliphatic carbocycles. The smallest absolute Gasteiger partial charge is 0.256 e. The van der Waals surface area contributed by atoms with Crippen molar-refractivity contribution < 1.29 is 13.2 Å². The summed E-state index contributed by atoms with van der Waals surface area (Å²) in [5, 5.41) is 7.90. The summed E-state index contributed by atoms with van der Waals surface area (Å²) < 4.78 is 23.0. The largest absolute Gasteiger partial charge is 0.321 e. The normalized spacial score (nSPS) is 15.6. The second kappa shape index (κ2) is 5.33. The fraction of sp³-hybridized carbons (Fsp3) is 0.118. The van der Waals surface area contributed by atoms with E-state index < -0.39 is 10.0 Å². The van der Waals surface area contributed by atoms with E-state index in [2.05, 4.69) is 5.32 Å². The van der Waals surface area contributed by atoms with E-state index in [9.17, 15) is 13.2 Å². The first-order valence-corrected chi connectivity index (χ1v) is 8.58. The van der Waals surface area contributed by atoms with Crippen LogP contribution in [0.2, 0.25) is 0 Å². The molecule has 0 radical (unpaired) electrons. The van der Waals surface area contributed by atoms with Gasteiger partial charge >= 0.3 is 0 Å². The number of benzene rings is 2. The van der Waals surface area contributed by atoms with Gasteiger partial charge in [0, 0.05) is 16.8 Å². The Balaban J connectivity index is 2.13. The van der Waals surface area contributed by atoms with Crippen molar-refractivity contribution in [1.29, 1.82) is 0 Å². The molecule has 1 amide bonds. The van der Waals surface area contributed by atoms with Crippen LogP contribution in [0.25, 0.3) is 11.6 Å². The number of nitrogens with two attached hydrogens (primary N) is 1. The lowest BCUT2D eigenvalue weighted by Gasteiger charge is -2.04. The second-order valence-electron chi connectivity index (χ2n) is 5.61. The highest BCUT2D eigenvalue weighted by Gasteiger charge is 2.25. The van der Waals surface area contributed by atoms with Gasteiger partial charge in [-0.05, 0) is 54.8 Å². The molecule has 0 saturated carbocycles. The van der Waals surface area contributed by atoms with Gasteiger partial charge in [0.2, 0.25) is 10.0 Å². The quantitative estimate of drug-likeness (QED) is 0.830. The first-order valence-electron chi connectivity index (χ1n) is 7.03. The van der Waals surface area contributed by atoms with E-state index in [0.717, 1.165) is 11.1 Å². The molecule has 0 bridgehead atoms. The van der Waals surface area contributed by atoms with Gasteiger partial charge in [0.15, 0.2) is 0 Å². The van der Waals surface area contributed by atoms with Crippen molar-refractivity contribution >= 4 is 33.3 Å². The van der Waals surface area contributed by atoms with Gasteiger partial charge in [-0.15, -0.1) is 0 Å². The summed E-state index contributed by atoms with van der Waals surface area (Å²) in [5.41, 5.74) is 4.72. The first-order chi connectivity index (χ1) is 10.8. The fourth-order valence-electron chi connectivity index (χ4n) is 2.51. The van der Waals surface area contributed by atoms with Gasteiger partial charge in [-0.2, -0.15) is 0 Å². The zero-order chi connectivity index (χ0) is 16.8. The fourth-order valence-corrected chi connectivity index (χ4v) is 3.05. The van der Waals surface area contributed by atoms with Crippen molar-refractivity contribution in [2.75, 3.05) is 5.32 Å². The lowest BCUT2D eigenvalue weighted by molar-refractivity contribution is -0.110. The number of carbonyl (C=O) groups excluding carboxylic acids is 1. The Morgan fingerprint density at radius 1 is 1.04 bits per heavy atom. The summed E-state index contributed by atoms with van der Waals surface area (Å²) in [5.74, 6) is -0.259. The van der Waals surface area contributed by atoms with Crippen LogP contribution < -0.4 is 10.5 Å². The SMILES string of the molecule is Cc1ccc(C=C2C(=O)Nc3ccc(S(N)(=O)=O)cc32)cc1C. The molecular formula is C17H16N2O3S. The number of amides is 1. The van der Waals surface area contributed by atoms with Crippen LogP contribution in [-0.2, 0) is 14.8 Å². The molecule has 118 valence electrons. The zero-order valence-corrected chi connectivity index (χ0v) is 13.6. The van der Waals surface area contributed by atoms with E-state index in [4.69, 9.17) is 5.14 Å². The molecule has 0 unspecified atom stereocenters. The third-order valence-electron chi connectivity index (χ3n) is 3.94. The molecule has 0 aromatic heterocycles. The van der Waals surface area contributed by atoms with Crippen LogP contribution in [0.5, 0.6) is 0 Å². The number of hydrogen-bond acceptors (Lipinski definition) is 3. The van der Waals surface area contributed by atoms with Gasteiger partial charge in [0.05, 0.1) is 4.90 Å². The van der Waals surface area contributed by atoms with E-state index in [1.54, 1.807) is 12.1 Å². The molecule has 0 saturated heterocycles. The third kappa shape index (κ3) is 2.91. The number of aryl methyl sites for hydroxylation is 2. The molecule has 2 aromatic carbocycles. The van der Waals surface area contributed by atoms with E-state index in [1.165, 1.54) is 17.7 Å². The van der Waals surface area contributed by atoms with Gasteiger partial charge in [0.25, 0.3) is 5.91 Å². The molecule has 2 aromatic rings. The number of sulfonamides is 1. The van der Waals surface area contributed by atoms with Crippen LogP contribution in [-0.4, -0.2) is 14.3 Å². The van der Waals surface area contributed by atoms with E-state index in [-0.39, 0.29) is 10.8 Å². The molecule has 0 atom stereocenters. The second-order valence-corrected chi connectivity index (χ2v) is 7.17. The Bertz CT molecular complexity index is 960. The molecule has 1 aliphatic rings. The van der Waals surface area contributed by atoms with Crippen molar-refractivity contribution in [2.45, 2.75) is 18.7 Å². The first kappa shape index (κ1) is 15.5. The third-order valence-corrected chi connectivity index (χ3v) is 4.86. The van der Waals surface area contributed by atoms with Crippen LogP contribution in [0.3, 0.4) is 0 Å². The number of hydrogen-bond donors (Lipinski definition) is 2. The monoisotopic (exact) mass is 328 g/mol. The molecule has 1 aliphatic heterocycles. The van der Waals surface area contributed by atoms with Gasteiger partial charge in [-0.25, -0.2) is 13.6 Å². The Labute approximate surface area is 134 Å².